The number of carbonyl (C=O) groups excluding carboxylic acids is 2. The zero-order valence-corrected chi connectivity index (χ0v) is 15.4. The Balaban J connectivity index is 1.73. The lowest BCUT2D eigenvalue weighted by Gasteiger charge is -2.46. The normalized spacial score (nSPS) is 21.3. The third-order valence-corrected chi connectivity index (χ3v) is 5.42. The smallest absolute Gasteiger partial charge is 0.344 e. The number of nitrogen functional groups attached to an aromatic ring is 1. The van der Waals surface area contributed by atoms with Crippen molar-refractivity contribution in [1.82, 2.24) is 19.6 Å². The third-order valence-electron chi connectivity index (χ3n) is 3.56. The third kappa shape index (κ3) is 3.89. The van der Waals surface area contributed by atoms with Crippen LogP contribution in [0.5, 0.6) is 0 Å². The van der Waals surface area contributed by atoms with Gasteiger partial charge in [-0.15, -0.1) is 11.8 Å². The van der Waals surface area contributed by atoms with Crippen LogP contribution in [-0.4, -0.2) is 77.7 Å². The molecule has 1 unspecified atom stereocenters. The molecule has 5 N–H and O–H groups in total. The number of aromatic nitrogens is 2. The maximum atomic E-state index is 12.5. The number of hydrogen-bond acceptors (Lipinski definition) is 11. The van der Waals surface area contributed by atoms with Crippen LogP contribution >= 0.6 is 23.3 Å². The van der Waals surface area contributed by atoms with Gasteiger partial charge in [-0.05, 0) is 0 Å². The van der Waals surface area contributed by atoms with E-state index < -0.39 is 47.5 Å². The molecule has 148 valence electrons. The molecular weight excluding hydrogens is 416 g/mol. The van der Waals surface area contributed by atoms with Crippen LogP contribution < -0.4 is 11.1 Å². The number of thioether (sulfide) groups is 1. The molecule has 1 aromatic heterocycles. The summed E-state index contributed by atoms with van der Waals surface area (Å²) >= 11 is 1.97. The van der Waals surface area contributed by atoms with Gasteiger partial charge >= 0.3 is 11.9 Å². The second-order valence-electron chi connectivity index (χ2n) is 5.42. The van der Waals surface area contributed by atoms with Gasteiger partial charge in [-0.2, -0.15) is 9.36 Å². The number of oxime groups is 1. The molecule has 2 aliphatic rings. The van der Waals surface area contributed by atoms with Crippen molar-refractivity contribution in [3.05, 3.63) is 17.6 Å². The first kappa shape index (κ1) is 19.6. The number of fused-ring (bicyclic) bond motifs is 1. The number of rotatable bonds is 7. The van der Waals surface area contributed by atoms with Crippen LogP contribution in [0.25, 0.3) is 0 Å². The molecule has 2 amide bonds. The van der Waals surface area contributed by atoms with Crippen LogP contribution in [0.15, 0.2) is 16.9 Å². The van der Waals surface area contributed by atoms with Gasteiger partial charge in [0.15, 0.2) is 5.13 Å². The molecule has 2 aliphatic heterocycles. The van der Waals surface area contributed by atoms with Crippen molar-refractivity contribution < 1.29 is 34.2 Å². The van der Waals surface area contributed by atoms with E-state index in [1.165, 1.54) is 22.9 Å². The van der Waals surface area contributed by atoms with Crippen LogP contribution in [0, 0.1) is 0 Å². The fourth-order valence-corrected chi connectivity index (χ4v) is 3.99. The van der Waals surface area contributed by atoms with Gasteiger partial charge in [0.1, 0.15) is 11.4 Å². The quantitative estimate of drug-likeness (QED) is 0.219. The second kappa shape index (κ2) is 7.81. The first-order chi connectivity index (χ1) is 13.3. The van der Waals surface area contributed by atoms with Gasteiger partial charge in [0.25, 0.3) is 11.8 Å². The minimum Gasteiger partial charge on any atom is -0.479 e. The number of aliphatic carboxylic acids is 2. The fraction of sp³-hybridized carbons (Fsp3) is 0.308. The summed E-state index contributed by atoms with van der Waals surface area (Å²) in [4.78, 5) is 56.0. The van der Waals surface area contributed by atoms with Crippen molar-refractivity contribution in [2.45, 2.75) is 11.4 Å². The Hall–Kier alpha value is -3.20. The summed E-state index contributed by atoms with van der Waals surface area (Å²) in [5, 5.41) is 23.1. The summed E-state index contributed by atoms with van der Waals surface area (Å²) in [6.45, 7) is -0.798. The van der Waals surface area contributed by atoms with Crippen LogP contribution in [0.4, 0.5) is 5.13 Å². The van der Waals surface area contributed by atoms with Gasteiger partial charge in [-0.3, -0.25) is 9.59 Å². The van der Waals surface area contributed by atoms with Gasteiger partial charge in [-0.1, -0.05) is 5.16 Å². The minimum atomic E-state index is -1.31. The standard InChI is InChI=1S/C13H12N6O7S2/c14-13-16-8(18-28-13)6(17-26-2-5(20)21)9(22)15-7-10(23)19-1-4(12(24)25)3-27-11(7)19/h1,7,11H,2-3H2,(H,15,22)(H,20,21)(H,24,25)(H2,14,16,18)/t7?,11-/m1/s1. The number of anilines is 1. The Morgan fingerprint density at radius 3 is 2.79 bits per heavy atom. The molecule has 3 heterocycles. The monoisotopic (exact) mass is 428 g/mol. The van der Waals surface area contributed by atoms with Crippen molar-refractivity contribution in [3.63, 3.8) is 0 Å². The number of hydrogen-bond donors (Lipinski definition) is 4. The number of carbonyl (C=O) groups is 4. The average Bonchev–Trinajstić information content (AvgIpc) is 3.07. The van der Waals surface area contributed by atoms with E-state index in [-0.39, 0.29) is 22.3 Å². The predicted molar refractivity (Wildman–Crippen MR) is 95.2 cm³/mol. The molecule has 0 saturated carbocycles. The zero-order chi connectivity index (χ0) is 20.4. The molecule has 28 heavy (non-hydrogen) atoms. The summed E-state index contributed by atoms with van der Waals surface area (Å²) in [6.07, 6.45) is 1.24. The molecule has 2 atom stereocenters. The minimum absolute atomic E-state index is 0.0498. The molecule has 15 heteroatoms. The molecular formula is C13H12N6O7S2. The van der Waals surface area contributed by atoms with E-state index in [0.717, 1.165) is 11.5 Å². The number of nitrogens with two attached hydrogens (primary N) is 1. The maximum Gasteiger partial charge on any atom is 0.344 e. The summed E-state index contributed by atoms with van der Waals surface area (Å²) in [5.41, 5.74) is 5.12. The number of amides is 2. The molecule has 0 spiro atoms. The number of carboxylic acids is 2. The Morgan fingerprint density at radius 1 is 1.43 bits per heavy atom. The maximum absolute atomic E-state index is 12.5. The van der Waals surface area contributed by atoms with E-state index in [2.05, 4.69) is 24.7 Å². The highest BCUT2D eigenvalue weighted by Gasteiger charge is 2.50. The van der Waals surface area contributed by atoms with Gasteiger partial charge < -0.3 is 31.0 Å². The predicted octanol–water partition coefficient (Wildman–Crippen LogP) is -1.71. The van der Waals surface area contributed by atoms with Crippen LogP contribution in [-0.2, 0) is 24.0 Å². The van der Waals surface area contributed by atoms with E-state index in [1.54, 1.807) is 0 Å². The van der Waals surface area contributed by atoms with Gasteiger partial charge in [0.2, 0.25) is 18.1 Å². The SMILES string of the molecule is Nc1nc(C(=NOCC(=O)O)C(=O)NC2C(=O)N3C=C(C(=O)O)CS[C@H]23)ns1. The van der Waals surface area contributed by atoms with E-state index in [0.29, 0.717) is 0 Å². The zero-order valence-electron chi connectivity index (χ0n) is 13.8. The second-order valence-corrected chi connectivity index (χ2v) is 7.31. The van der Waals surface area contributed by atoms with Crippen molar-refractivity contribution in [2.75, 3.05) is 18.1 Å². The Morgan fingerprint density at radius 2 is 2.18 bits per heavy atom. The Labute approximate surface area is 164 Å². The molecule has 1 saturated heterocycles. The molecule has 13 nitrogen and oxygen atoms in total. The first-order valence-electron chi connectivity index (χ1n) is 7.48. The number of nitrogens with one attached hydrogen (secondary N) is 1. The first-order valence-corrected chi connectivity index (χ1v) is 9.30. The average molecular weight is 428 g/mol. The van der Waals surface area contributed by atoms with Gasteiger partial charge in [-0.25, -0.2) is 9.59 Å². The van der Waals surface area contributed by atoms with Gasteiger partial charge in [0.05, 0.1) is 5.57 Å². The van der Waals surface area contributed by atoms with E-state index >= 15 is 0 Å². The Bertz CT molecular complexity index is 913. The van der Waals surface area contributed by atoms with E-state index in [4.69, 9.17) is 15.9 Å². The van der Waals surface area contributed by atoms with Crippen molar-refractivity contribution in [1.29, 1.82) is 0 Å². The van der Waals surface area contributed by atoms with E-state index in [1.807, 2.05) is 0 Å². The molecule has 1 aromatic rings. The highest BCUT2D eigenvalue weighted by molar-refractivity contribution is 8.00. The van der Waals surface area contributed by atoms with E-state index in [9.17, 15) is 19.2 Å². The van der Waals surface area contributed by atoms with Crippen molar-refractivity contribution >= 4 is 57.9 Å². The number of β-lactam (4-membered cyclic amide) rings is 1. The summed E-state index contributed by atoms with van der Waals surface area (Å²) in [7, 11) is 0. The molecule has 0 aliphatic carbocycles. The highest BCUT2D eigenvalue weighted by Crippen LogP contribution is 2.36. The highest BCUT2D eigenvalue weighted by atomic mass is 32.2. The van der Waals surface area contributed by atoms with Crippen molar-refractivity contribution in [2.24, 2.45) is 5.16 Å². The lowest BCUT2D eigenvalue weighted by Crippen LogP contribution is -2.69. The molecule has 0 radical (unpaired) electrons. The number of carboxylic acid groups (broad SMARTS) is 2. The lowest BCUT2D eigenvalue weighted by molar-refractivity contribution is -0.144. The van der Waals surface area contributed by atoms with Crippen LogP contribution in [0.2, 0.25) is 0 Å². The van der Waals surface area contributed by atoms with Crippen molar-refractivity contribution in [3.8, 4) is 0 Å². The molecule has 0 aromatic carbocycles. The van der Waals surface area contributed by atoms with Crippen LogP contribution in [0.1, 0.15) is 5.82 Å². The Kier molecular flexibility index (Phi) is 5.46. The fourth-order valence-electron chi connectivity index (χ4n) is 2.31. The summed E-state index contributed by atoms with van der Waals surface area (Å²) < 4.78 is 3.83. The molecule has 0 bridgehead atoms. The van der Waals surface area contributed by atoms with Gasteiger partial charge in [0, 0.05) is 23.5 Å². The summed E-state index contributed by atoms with van der Waals surface area (Å²) in [5.74, 6) is -3.81. The van der Waals surface area contributed by atoms with Crippen LogP contribution in [0.3, 0.4) is 0 Å². The number of nitrogens with zero attached hydrogens (tertiary/aromatic N) is 4. The molecule has 3 rings (SSSR count). The molecule has 1 fully saturated rings. The largest absolute Gasteiger partial charge is 0.479 e. The topological polar surface area (TPSA) is 197 Å². The summed E-state index contributed by atoms with van der Waals surface area (Å²) in [6, 6.07) is -0.926. The lowest BCUT2D eigenvalue weighted by atomic mass is 10.1.